The fraction of sp³-hybridized carbons (Fsp3) is 0.125. The van der Waals surface area contributed by atoms with Gasteiger partial charge in [0.15, 0.2) is 11.6 Å². The summed E-state index contributed by atoms with van der Waals surface area (Å²) in [5, 5.41) is 8.94. The van der Waals surface area contributed by atoms with E-state index in [2.05, 4.69) is 31.4 Å². The predicted molar refractivity (Wildman–Crippen MR) is 95.8 cm³/mol. The van der Waals surface area contributed by atoms with E-state index < -0.39 is 11.7 Å². The van der Waals surface area contributed by atoms with Gasteiger partial charge in [-0.15, -0.1) is 0 Å². The number of ether oxygens (including phenoxy) is 1. The van der Waals surface area contributed by atoms with Gasteiger partial charge in [0.05, 0.1) is 35.6 Å². The Morgan fingerprint density at radius 2 is 2.23 bits per heavy atom. The number of benzene rings is 2. The fourth-order valence-electron chi connectivity index (χ4n) is 2.18. The van der Waals surface area contributed by atoms with Crippen molar-refractivity contribution in [1.29, 1.82) is 0 Å². The Kier molecular flexibility index (Phi) is 5.72. The van der Waals surface area contributed by atoms with Gasteiger partial charge in [0.1, 0.15) is 11.3 Å². The summed E-state index contributed by atoms with van der Waals surface area (Å²) in [4.78, 5) is 23.8. The number of hydrogen-bond acceptors (Lipinski definition) is 5. The summed E-state index contributed by atoms with van der Waals surface area (Å²) >= 11 is 9.38. The summed E-state index contributed by atoms with van der Waals surface area (Å²) in [7, 11) is 0. The van der Waals surface area contributed by atoms with Gasteiger partial charge in [-0.1, -0.05) is 27.5 Å². The van der Waals surface area contributed by atoms with E-state index in [1.807, 2.05) is 0 Å². The van der Waals surface area contributed by atoms with Crippen LogP contribution in [0.2, 0.25) is 5.02 Å². The average Bonchev–Trinajstić information content (AvgIpc) is 3.08. The molecule has 3 N–H and O–H groups in total. The second-order valence-electron chi connectivity index (χ2n) is 5.05. The number of aliphatic hydroxyl groups is 1. The number of aliphatic hydroxyl groups excluding tert-OH is 1. The van der Waals surface area contributed by atoms with Gasteiger partial charge in [-0.05, 0) is 24.3 Å². The molecule has 0 bridgehead atoms. The number of aromatic amines is 1. The van der Waals surface area contributed by atoms with Crippen LogP contribution in [-0.2, 0) is 4.84 Å². The topological polar surface area (TPSA) is 96.5 Å². The maximum atomic E-state index is 14.9. The van der Waals surface area contributed by atoms with Crippen molar-refractivity contribution in [2.45, 2.75) is 0 Å². The largest absolute Gasteiger partial charge is 0.452 e. The zero-order valence-corrected chi connectivity index (χ0v) is 15.4. The first kappa shape index (κ1) is 18.6. The number of carbonyl (C=O) groups is 1. The molecule has 0 radical (unpaired) electrons. The molecule has 0 saturated carbocycles. The summed E-state index contributed by atoms with van der Waals surface area (Å²) in [6.07, 6.45) is 1.30. The third-order valence-electron chi connectivity index (χ3n) is 3.32. The number of nitrogens with zero attached hydrogens (tertiary/aromatic N) is 1. The molecule has 0 spiro atoms. The standard InChI is InChI=1S/C16H12BrClFN3O4/c17-8-1-2-12(10(18)5-8)26-15-9(16(24)22-25-4-3-23)6-11-14(13(15)19)21-7-20-11/h1-2,5-7,23H,3-4H2,(H,20,21)(H,22,24). The zero-order valence-electron chi connectivity index (χ0n) is 13.1. The Morgan fingerprint density at radius 3 is 2.96 bits per heavy atom. The number of amides is 1. The highest BCUT2D eigenvalue weighted by molar-refractivity contribution is 9.10. The molecule has 0 aliphatic rings. The molecule has 0 fully saturated rings. The Hall–Kier alpha value is -2.20. The molecule has 136 valence electrons. The number of fused-ring (bicyclic) bond motifs is 1. The van der Waals surface area contributed by atoms with Crippen molar-refractivity contribution in [3.63, 3.8) is 0 Å². The van der Waals surface area contributed by atoms with E-state index in [0.29, 0.717) is 9.99 Å². The number of aromatic nitrogens is 2. The first-order valence-electron chi connectivity index (χ1n) is 7.32. The number of nitrogens with one attached hydrogen (secondary N) is 2. The van der Waals surface area contributed by atoms with Crippen LogP contribution in [0.15, 0.2) is 35.1 Å². The van der Waals surface area contributed by atoms with Crippen molar-refractivity contribution in [3.05, 3.63) is 51.5 Å². The molecule has 0 unspecified atom stereocenters. The Morgan fingerprint density at radius 1 is 1.42 bits per heavy atom. The Bertz CT molecular complexity index is 966. The first-order valence-corrected chi connectivity index (χ1v) is 8.50. The van der Waals surface area contributed by atoms with Gasteiger partial charge >= 0.3 is 0 Å². The second-order valence-corrected chi connectivity index (χ2v) is 6.37. The summed E-state index contributed by atoms with van der Waals surface area (Å²) < 4.78 is 21.2. The van der Waals surface area contributed by atoms with Crippen molar-refractivity contribution in [1.82, 2.24) is 15.4 Å². The third-order valence-corrected chi connectivity index (χ3v) is 4.11. The van der Waals surface area contributed by atoms with E-state index in [4.69, 9.17) is 26.3 Å². The molecule has 3 rings (SSSR count). The van der Waals surface area contributed by atoms with Crippen LogP contribution in [0.25, 0.3) is 11.0 Å². The van der Waals surface area contributed by atoms with Gasteiger partial charge in [0.25, 0.3) is 5.91 Å². The highest BCUT2D eigenvalue weighted by Crippen LogP contribution is 2.36. The summed E-state index contributed by atoms with van der Waals surface area (Å²) in [5.74, 6) is -1.76. The van der Waals surface area contributed by atoms with Crippen LogP contribution in [-0.4, -0.2) is 34.2 Å². The zero-order chi connectivity index (χ0) is 18.7. The van der Waals surface area contributed by atoms with Crippen molar-refractivity contribution >= 4 is 44.5 Å². The summed E-state index contributed by atoms with van der Waals surface area (Å²) in [6.45, 7) is -0.401. The number of halogens is 3. The molecule has 1 aromatic heterocycles. The number of hydrogen-bond donors (Lipinski definition) is 3. The van der Waals surface area contributed by atoms with Gasteiger partial charge in [-0.25, -0.2) is 14.9 Å². The molecular formula is C16H12BrClFN3O4. The molecule has 2 aromatic carbocycles. The Balaban J connectivity index is 2.04. The molecule has 3 aromatic rings. The lowest BCUT2D eigenvalue weighted by molar-refractivity contribution is 0.0166. The molecule has 0 aliphatic carbocycles. The van der Waals surface area contributed by atoms with E-state index >= 15 is 0 Å². The Labute approximate surface area is 160 Å². The van der Waals surface area contributed by atoms with Crippen LogP contribution in [0.5, 0.6) is 11.5 Å². The van der Waals surface area contributed by atoms with E-state index in [9.17, 15) is 9.18 Å². The number of rotatable bonds is 6. The van der Waals surface area contributed by atoms with Crippen LogP contribution >= 0.6 is 27.5 Å². The lowest BCUT2D eigenvalue weighted by Crippen LogP contribution is -2.25. The van der Waals surface area contributed by atoms with E-state index in [-0.39, 0.29) is 40.8 Å². The number of hydroxylamine groups is 1. The molecule has 26 heavy (non-hydrogen) atoms. The van der Waals surface area contributed by atoms with Crippen molar-refractivity contribution in [3.8, 4) is 11.5 Å². The lowest BCUT2D eigenvalue weighted by Gasteiger charge is -2.14. The van der Waals surface area contributed by atoms with Gasteiger partial charge < -0.3 is 14.8 Å². The molecule has 10 heteroatoms. The highest BCUT2D eigenvalue weighted by atomic mass is 79.9. The number of carbonyl (C=O) groups excluding carboxylic acids is 1. The highest BCUT2D eigenvalue weighted by Gasteiger charge is 2.23. The molecule has 0 aliphatic heterocycles. The minimum absolute atomic E-state index is 0.0149. The minimum Gasteiger partial charge on any atom is -0.452 e. The molecule has 0 saturated heterocycles. The van der Waals surface area contributed by atoms with Gasteiger partial charge in [-0.3, -0.25) is 9.63 Å². The fourth-order valence-corrected chi connectivity index (χ4v) is 2.89. The van der Waals surface area contributed by atoms with E-state index in [1.165, 1.54) is 18.5 Å². The number of H-pyrrole nitrogens is 1. The van der Waals surface area contributed by atoms with Crippen LogP contribution in [0, 0.1) is 5.82 Å². The smallest absolute Gasteiger partial charge is 0.278 e. The van der Waals surface area contributed by atoms with E-state index in [0.717, 1.165) is 0 Å². The summed E-state index contributed by atoms with van der Waals surface area (Å²) in [5.41, 5.74) is 2.31. The average molecular weight is 445 g/mol. The maximum Gasteiger partial charge on any atom is 0.278 e. The van der Waals surface area contributed by atoms with Crippen LogP contribution in [0.1, 0.15) is 10.4 Å². The predicted octanol–water partition coefficient (Wildman–Crippen LogP) is 3.56. The lowest BCUT2D eigenvalue weighted by atomic mass is 10.1. The van der Waals surface area contributed by atoms with Crippen LogP contribution in [0.3, 0.4) is 0 Å². The van der Waals surface area contributed by atoms with Crippen molar-refractivity contribution in [2.75, 3.05) is 13.2 Å². The SMILES string of the molecule is O=C(NOCCO)c1cc2[nH]cnc2c(F)c1Oc1ccc(Br)cc1Cl. The molecule has 1 heterocycles. The quantitative estimate of drug-likeness (QED) is 0.399. The van der Waals surface area contributed by atoms with Crippen LogP contribution in [0.4, 0.5) is 4.39 Å². The third kappa shape index (κ3) is 3.80. The first-order chi connectivity index (χ1) is 12.5. The molecule has 0 atom stereocenters. The minimum atomic E-state index is -0.824. The van der Waals surface area contributed by atoms with E-state index in [1.54, 1.807) is 12.1 Å². The van der Waals surface area contributed by atoms with Gasteiger partial charge in [0.2, 0.25) is 0 Å². The van der Waals surface area contributed by atoms with Crippen molar-refractivity contribution < 1.29 is 23.9 Å². The maximum absolute atomic E-state index is 14.9. The monoisotopic (exact) mass is 443 g/mol. The normalized spacial score (nSPS) is 10.9. The number of imidazole rings is 1. The molecule has 1 amide bonds. The van der Waals surface area contributed by atoms with Gasteiger partial charge in [-0.2, -0.15) is 0 Å². The molecule has 7 nitrogen and oxygen atoms in total. The van der Waals surface area contributed by atoms with Crippen LogP contribution < -0.4 is 10.2 Å². The van der Waals surface area contributed by atoms with Crippen molar-refractivity contribution in [2.24, 2.45) is 0 Å². The molecular weight excluding hydrogens is 433 g/mol. The van der Waals surface area contributed by atoms with Gasteiger partial charge in [0, 0.05) is 4.47 Å². The summed E-state index contributed by atoms with van der Waals surface area (Å²) in [6, 6.07) is 6.15. The second kappa shape index (κ2) is 8.00.